The van der Waals surface area contributed by atoms with E-state index in [0.29, 0.717) is 6.42 Å². The van der Waals surface area contributed by atoms with Gasteiger partial charge in [-0.3, -0.25) is 0 Å². The molecule has 0 saturated heterocycles. The summed E-state index contributed by atoms with van der Waals surface area (Å²) in [7, 11) is 0. The minimum Gasteiger partial charge on any atom is -0.353 e. The quantitative estimate of drug-likeness (QED) is 0.397. The second-order valence-corrected chi connectivity index (χ2v) is 3.52. The van der Waals surface area contributed by atoms with Crippen LogP contribution in [-0.2, 0) is 9.47 Å². The lowest BCUT2D eigenvalue weighted by atomic mass is 10.2. The molecular formula is C12H25O2. The zero-order valence-electron chi connectivity index (χ0n) is 9.76. The first-order valence-electron chi connectivity index (χ1n) is 5.87. The monoisotopic (exact) mass is 201 g/mol. The highest BCUT2D eigenvalue weighted by Crippen LogP contribution is 2.04. The van der Waals surface area contributed by atoms with E-state index in [1.165, 1.54) is 19.3 Å². The van der Waals surface area contributed by atoms with E-state index in [9.17, 15) is 0 Å². The number of unbranched alkanes of at least 4 members (excludes halogenated alkanes) is 3. The molecule has 0 aliphatic heterocycles. The highest BCUT2D eigenvalue weighted by atomic mass is 16.7. The summed E-state index contributed by atoms with van der Waals surface area (Å²) in [4.78, 5) is 0. The van der Waals surface area contributed by atoms with E-state index in [4.69, 9.17) is 9.47 Å². The van der Waals surface area contributed by atoms with Gasteiger partial charge in [0.15, 0.2) is 6.29 Å². The Labute approximate surface area is 89.0 Å². The summed E-state index contributed by atoms with van der Waals surface area (Å²) in [5.41, 5.74) is 0. The molecule has 1 atom stereocenters. The molecule has 2 nitrogen and oxygen atoms in total. The summed E-state index contributed by atoms with van der Waals surface area (Å²) in [6, 6.07) is 0. The van der Waals surface area contributed by atoms with E-state index in [1.807, 2.05) is 0 Å². The van der Waals surface area contributed by atoms with Crippen molar-refractivity contribution in [3.8, 4) is 0 Å². The van der Waals surface area contributed by atoms with Gasteiger partial charge in [0.2, 0.25) is 0 Å². The van der Waals surface area contributed by atoms with Crippen LogP contribution < -0.4 is 0 Å². The first-order valence-corrected chi connectivity index (χ1v) is 5.87. The Morgan fingerprint density at radius 1 is 0.929 bits per heavy atom. The Hall–Kier alpha value is -0.0800. The van der Waals surface area contributed by atoms with Gasteiger partial charge in [0.05, 0.1) is 0 Å². The number of hydrogen-bond acceptors (Lipinski definition) is 2. The Bertz CT molecular complexity index is 104. The number of rotatable bonds is 10. The van der Waals surface area contributed by atoms with Gasteiger partial charge in [0, 0.05) is 13.2 Å². The van der Waals surface area contributed by atoms with E-state index in [2.05, 4.69) is 20.8 Å². The van der Waals surface area contributed by atoms with Gasteiger partial charge >= 0.3 is 0 Å². The number of ether oxygens (including phenoxy) is 2. The Morgan fingerprint density at radius 3 is 2.21 bits per heavy atom. The summed E-state index contributed by atoms with van der Waals surface area (Å²) in [5.74, 6) is 0. The number of hydrogen-bond donors (Lipinski definition) is 0. The van der Waals surface area contributed by atoms with Gasteiger partial charge in [-0.2, -0.15) is 0 Å². The summed E-state index contributed by atoms with van der Waals surface area (Å²) in [6.45, 7) is 9.70. The van der Waals surface area contributed by atoms with Crippen molar-refractivity contribution in [3.63, 3.8) is 0 Å². The molecule has 0 saturated carbocycles. The van der Waals surface area contributed by atoms with Crippen LogP contribution in [0.4, 0.5) is 0 Å². The van der Waals surface area contributed by atoms with Crippen molar-refractivity contribution in [2.75, 3.05) is 13.2 Å². The molecular weight excluding hydrogens is 176 g/mol. The summed E-state index contributed by atoms with van der Waals surface area (Å²) in [6.07, 6.45) is 6.62. The van der Waals surface area contributed by atoms with E-state index in [-0.39, 0.29) is 6.29 Å². The van der Waals surface area contributed by atoms with Crippen LogP contribution in [0.15, 0.2) is 0 Å². The topological polar surface area (TPSA) is 18.5 Å². The van der Waals surface area contributed by atoms with E-state index < -0.39 is 0 Å². The average Bonchev–Trinajstić information content (AvgIpc) is 2.22. The molecule has 0 N–H and O–H groups in total. The predicted molar refractivity (Wildman–Crippen MR) is 60.1 cm³/mol. The van der Waals surface area contributed by atoms with Crippen LogP contribution in [0.3, 0.4) is 0 Å². The molecule has 2 heteroatoms. The predicted octanol–water partition coefficient (Wildman–Crippen LogP) is 3.56. The zero-order chi connectivity index (χ0) is 10.6. The van der Waals surface area contributed by atoms with Gasteiger partial charge in [-0.1, -0.05) is 33.1 Å². The van der Waals surface area contributed by atoms with Gasteiger partial charge in [-0.15, -0.1) is 0 Å². The van der Waals surface area contributed by atoms with Crippen LogP contribution in [0, 0.1) is 6.92 Å². The molecule has 0 aromatic rings. The third-order valence-electron chi connectivity index (χ3n) is 2.05. The SMILES string of the molecule is [CH2]CC(OCCC)OCCCCCC. The standard InChI is InChI=1S/C12H25O2/c1-4-7-8-9-11-14-12(6-3)13-10-5-2/h12H,3-11H2,1-2H3. The van der Waals surface area contributed by atoms with Gasteiger partial charge in [0.25, 0.3) is 0 Å². The van der Waals surface area contributed by atoms with E-state index in [1.54, 1.807) is 0 Å². The van der Waals surface area contributed by atoms with Gasteiger partial charge < -0.3 is 9.47 Å². The molecule has 0 spiro atoms. The molecule has 0 aromatic heterocycles. The van der Waals surface area contributed by atoms with Crippen LogP contribution in [0.5, 0.6) is 0 Å². The molecule has 1 unspecified atom stereocenters. The normalized spacial score (nSPS) is 13.1. The maximum atomic E-state index is 5.56. The maximum Gasteiger partial charge on any atom is 0.157 e. The first kappa shape index (κ1) is 13.9. The molecule has 0 heterocycles. The third-order valence-corrected chi connectivity index (χ3v) is 2.05. The van der Waals surface area contributed by atoms with Crippen molar-refractivity contribution >= 4 is 0 Å². The smallest absolute Gasteiger partial charge is 0.157 e. The van der Waals surface area contributed by atoms with Crippen LogP contribution in [-0.4, -0.2) is 19.5 Å². The largest absolute Gasteiger partial charge is 0.353 e. The molecule has 1 radical (unpaired) electrons. The van der Waals surface area contributed by atoms with Crippen molar-refractivity contribution in [1.82, 2.24) is 0 Å². The second kappa shape index (κ2) is 11.0. The fourth-order valence-corrected chi connectivity index (χ4v) is 1.21. The van der Waals surface area contributed by atoms with Crippen molar-refractivity contribution in [2.45, 2.75) is 58.7 Å². The lowest BCUT2D eigenvalue weighted by molar-refractivity contribution is -0.140. The van der Waals surface area contributed by atoms with Crippen LogP contribution >= 0.6 is 0 Å². The highest BCUT2D eigenvalue weighted by molar-refractivity contribution is 4.48. The Morgan fingerprint density at radius 2 is 1.64 bits per heavy atom. The lowest BCUT2D eigenvalue weighted by Gasteiger charge is -2.16. The van der Waals surface area contributed by atoms with Gasteiger partial charge in [0.1, 0.15) is 0 Å². The molecule has 0 fully saturated rings. The average molecular weight is 201 g/mol. The summed E-state index contributed by atoms with van der Waals surface area (Å²) >= 11 is 0. The fraction of sp³-hybridized carbons (Fsp3) is 0.917. The van der Waals surface area contributed by atoms with E-state index >= 15 is 0 Å². The van der Waals surface area contributed by atoms with Gasteiger partial charge in [-0.25, -0.2) is 0 Å². The van der Waals surface area contributed by atoms with Gasteiger partial charge in [-0.05, 0) is 26.2 Å². The maximum absolute atomic E-state index is 5.56. The minimum atomic E-state index is -0.0865. The molecule has 0 aliphatic carbocycles. The first-order chi connectivity index (χ1) is 6.85. The summed E-state index contributed by atoms with van der Waals surface area (Å²) < 4.78 is 11.0. The highest BCUT2D eigenvalue weighted by Gasteiger charge is 2.04. The van der Waals surface area contributed by atoms with Crippen LogP contribution in [0.1, 0.15) is 52.4 Å². The Kier molecular flexibility index (Phi) is 10.9. The van der Waals surface area contributed by atoms with E-state index in [0.717, 1.165) is 26.1 Å². The molecule has 85 valence electrons. The summed E-state index contributed by atoms with van der Waals surface area (Å²) in [5, 5.41) is 0. The molecule has 0 aliphatic rings. The lowest BCUT2D eigenvalue weighted by Crippen LogP contribution is -2.17. The molecule has 0 rings (SSSR count). The molecule has 14 heavy (non-hydrogen) atoms. The van der Waals surface area contributed by atoms with Crippen LogP contribution in [0.25, 0.3) is 0 Å². The third kappa shape index (κ3) is 8.52. The van der Waals surface area contributed by atoms with Crippen molar-refractivity contribution < 1.29 is 9.47 Å². The minimum absolute atomic E-state index is 0.0865. The second-order valence-electron chi connectivity index (χ2n) is 3.52. The van der Waals surface area contributed by atoms with Crippen molar-refractivity contribution in [1.29, 1.82) is 0 Å². The fourth-order valence-electron chi connectivity index (χ4n) is 1.21. The Balaban J connectivity index is 3.24. The van der Waals surface area contributed by atoms with Crippen LogP contribution in [0.2, 0.25) is 0 Å². The van der Waals surface area contributed by atoms with Crippen molar-refractivity contribution in [2.24, 2.45) is 0 Å². The molecule has 0 amide bonds. The zero-order valence-corrected chi connectivity index (χ0v) is 9.76. The van der Waals surface area contributed by atoms with Crippen molar-refractivity contribution in [3.05, 3.63) is 6.92 Å². The molecule has 0 bridgehead atoms. The molecule has 0 aromatic carbocycles.